The molecule has 1 aliphatic carbocycles. The van der Waals surface area contributed by atoms with Crippen LogP contribution in [0.3, 0.4) is 0 Å². The van der Waals surface area contributed by atoms with Gasteiger partial charge in [0.1, 0.15) is 0 Å². The van der Waals surface area contributed by atoms with Crippen molar-refractivity contribution in [3.63, 3.8) is 0 Å². The van der Waals surface area contributed by atoms with Crippen LogP contribution < -0.4 is 5.32 Å². The molecule has 2 rings (SSSR count). The molecule has 1 aromatic carbocycles. The molecule has 0 aliphatic heterocycles. The van der Waals surface area contributed by atoms with Crippen molar-refractivity contribution in [1.29, 1.82) is 0 Å². The molecule has 1 fully saturated rings. The number of ether oxygens (including phenoxy) is 1. The van der Waals surface area contributed by atoms with Crippen LogP contribution in [-0.2, 0) is 9.53 Å². The highest BCUT2D eigenvalue weighted by Crippen LogP contribution is 2.46. The summed E-state index contributed by atoms with van der Waals surface area (Å²) in [7, 11) is 1.45. The molecule has 1 N–H and O–H groups in total. The minimum atomic E-state index is -0.271. The summed E-state index contributed by atoms with van der Waals surface area (Å²) in [6.45, 7) is 0.665. The summed E-state index contributed by atoms with van der Waals surface area (Å²) in [6.07, 6.45) is 3.91. The van der Waals surface area contributed by atoms with Crippen molar-refractivity contribution in [1.82, 2.24) is 0 Å². The first kappa shape index (κ1) is 12.3. The standard InChI is InChI=1S/C13H17NO2S/c1-16-12(15)13(7-8-13)9-14-10-3-5-11(17-2)6-4-10/h3-6,14H,7-9H2,1-2H3. The van der Waals surface area contributed by atoms with E-state index in [9.17, 15) is 4.79 Å². The predicted molar refractivity (Wildman–Crippen MR) is 70.4 cm³/mol. The number of carbonyl (C=O) groups is 1. The lowest BCUT2D eigenvalue weighted by molar-refractivity contribution is -0.146. The summed E-state index contributed by atoms with van der Waals surface area (Å²) in [5, 5.41) is 3.30. The van der Waals surface area contributed by atoms with Crippen LogP contribution in [0.2, 0.25) is 0 Å². The van der Waals surface area contributed by atoms with E-state index in [1.807, 2.05) is 12.1 Å². The summed E-state index contributed by atoms with van der Waals surface area (Å²) in [6, 6.07) is 8.23. The van der Waals surface area contributed by atoms with Crippen LogP contribution in [0, 0.1) is 5.41 Å². The molecule has 3 nitrogen and oxygen atoms in total. The average molecular weight is 251 g/mol. The Labute approximate surface area is 106 Å². The highest BCUT2D eigenvalue weighted by molar-refractivity contribution is 7.98. The van der Waals surface area contributed by atoms with Crippen molar-refractivity contribution >= 4 is 23.4 Å². The monoisotopic (exact) mass is 251 g/mol. The molecular weight excluding hydrogens is 234 g/mol. The minimum absolute atomic E-state index is 0.0919. The van der Waals surface area contributed by atoms with Gasteiger partial charge in [0.15, 0.2) is 0 Å². The molecule has 0 bridgehead atoms. The third-order valence-corrected chi connectivity index (χ3v) is 3.94. The van der Waals surface area contributed by atoms with E-state index >= 15 is 0 Å². The van der Waals surface area contributed by atoms with Crippen molar-refractivity contribution in [3.8, 4) is 0 Å². The Kier molecular flexibility index (Phi) is 3.62. The summed E-state index contributed by atoms with van der Waals surface area (Å²) >= 11 is 1.72. The minimum Gasteiger partial charge on any atom is -0.469 e. The summed E-state index contributed by atoms with van der Waals surface area (Å²) in [5.41, 5.74) is 0.783. The highest BCUT2D eigenvalue weighted by atomic mass is 32.2. The van der Waals surface area contributed by atoms with E-state index in [0.717, 1.165) is 18.5 Å². The molecule has 0 radical (unpaired) electrons. The second kappa shape index (κ2) is 5.00. The molecule has 17 heavy (non-hydrogen) atoms. The molecule has 1 aromatic rings. The van der Waals surface area contributed by atoms with Crippen LogP contribution >= 0.6 is 11.8 Å². The first-order valence-corrected chi connectivity index (χ1v) is 6.89. The van der Waals surface area contributed by atoms with E-state index in [1.165, 1.54) is 12.0 Å². The number of carbonyl (C=O) groups excluding carboxylic acids is 1. The van der Waals surface area contributed by atoms with E-state index in [1.54, 1.807) is 11.8 Å². The third kappa shape index (κ3) is 2.75. The zero-order valence-corrected chi connectivity index (χ0v) is 11.0. The Morgan fingerprint density at radius 1 is 1.41 bits per heavy atom. The molecule has 0 spiro atoms. The van der Waals surface area contributed by atoms with Crippen LogP contribution in [0.4, 0.5) is 5.69 Å². The lowest BCUT2D eigenvalue weighted by Gasteiger charge is -2.14. The summed E-state index contributed by atoms with van der Waals surface area (Å²) in [4.78, 5) is 12.8. The maximum absolute atomic E-state index is 11.6. The Balaban J connectivity index is 1.91. The number of methoxy groups -OCH3 is 1. The summed E-state index contributed by atoms with van der Waals surface area (Å²) < 4.78 is 4.82. The third-order valence-electron chi connectivity index (χ3n) is 3.19. The molecular formula is C13H17NO2S. The fourth-order valence-corrected chi connectivity index (χ4v) is 2.21. The predicted octanol–water partition coefficient (Wildman–Crippen LogP) is 2.77. The van der Waals surface area contributed by atoms with Gasteiger partial charge in [0.05, 0.1) is 12.5 Å². The second-order valence-corrected chi connectivity index (χ2v) is 5.23. The van der Waals surface area contributed by atoms with Crippen molar-refractivity contribution in [2.45, 2.75) is 17.7 Å². The van der Waals surface area contributed by atoms with Crippen LogP contribution in [0.1, 0.15) is 12.8 Å². The number of nitrogens with one attached hydrogen (secondary N) is 1. The maximum Gasteiger partial charge on any atom is 0.313 e. The van der Waals surface area contributed by atoms with Gasteiger partial charge < -0.3 is 10.1 Å². The van der Waals surface area contributed by atoms with Gasteiger partial charge in [-0.25, -0.2) is 0 Å². The molecule has 0 aromatic heterocycles. The number of thioether (sulfide) groups is 1. The molecule has 0 heterocycles. The fraction of sp³-hybridized carbons (Fsp3) is 0.462. The van der Waals surface area contributed by atoms with Crippen LogP contribution in [-0.4, -0.2) is 25.9 Å². The lowest BCUT2D eigenvalue weighted by Crippen LogP contribution is -2.25. The SMILES string of the molecule is COC(=O)C1(CNc2ccc(SC)cc2)CC1. The first-order chi connectivity index (χ1) is 8.20. The zero-order chi connectivity index (χ0) is 12.3. The number of rotatable bonds is 5. The quantitative estimate of drug-likeness (QED) is 0.645. The molecule has 4 heteroatoms. The molecule has 0 unspecified atom stereocenters. The Morgan fingerprint density at radius 2 is 2.06 bits per heavy atom. The van der Waals surface area contributed by atoms with E-state index in [-0.39, 0.29) is 11.4 Å². The summed E-state index contributed by atoms with van der Waals surface area (Å²) in [5.74, 6) is -0.0919. The van der Waals surface area contributed by atoms with Gasteiger partial charge in [0.2, 0.25) is 0 Å². The second-order valence-electron chi connectivity index (χ2n) is 4.35. The van der Waals surface area contributed by atoms with E-state index in [4.69, 9.17) is 4.74 Å². The van der Waals surface area contributed by atoms with Gasteiger partial charge in [-0.2, -0.15) is 0 Å². The van der Waals surface area contributed by atoms with Gasteiger partial charge in [0.25, 0.3) is 0 Å². The molecule has 1 saturated carbocycles. The number of esters is 1. The number of anilines is 1. The Hall–Kier alpha value is -1.16. The van der Waals surface area contributed by atoms with Crippen molar-refractivity contribution in [2.24, 2.45) is 5.41 Å². The van der Waals surface area contributed by atoms with Gasteiger partial charge in [0, 0.05) is 17.1 Å². The van der Waals surface area contributed by atoms with Crippen molar-refractivity contribution < 1.29 is 9.53 Å². The number of benzene rings is 1. The molecule has 0 amide bonds. The normalized spacial score (nSPS) is 16.4. The van der Waals surface area contributed by atoms with Gasteiger partial charge in [-0.3, -0.25) is 4.79 Å². The van der Waals surface area contributed by atoms with E-state index in [0.29, 0.717) is 6.54 Å². The van der Waals surface area contributed by atoms with Crippen LogP contribution in [0.15, 0.2) is 29.2 Å². The lowest BCUT2D eigenvalue weighted by atomic mass is 10.1. The van der Waals surface area contributed by atoms with Gasteiger partial charge >= 0.3 is 5.97 Å². The van der Waals surface area contributed by atoms with E-state index in [2.05, 4.69) is 23.7 Å². The topological polar surface area (TPSA) is 38.3 Å². The molecule has 0 atom stereocenters. The fourth-order valence-electron chi connectivity index (χ4n) is 1.80. The Morgan fingerprint density at radius 3 is 2.53 bits per heavy atom. The van der Waals surface area contributed by atoms with Crippen molar-refractivity contribution in [3.05, 3.63) is 24.3 Å². The van der Waals surface area contributed by atoms with Gasteiger partial charge in [-0.1, -0.05) is 0 Å². The zero-order valence-electron chi connectivity index (χ0n) is 10.2. The van der Waals surface area contributed by atoms with Crippen LogP contribution in [0.5, 0.6) is 0 Å². The van der Waals surface area contributed by atoms with Crippen LogP contribution in [0.25, 0.3) is 0 Å². The molecule has 0 saturated heterocycles. The average Bonchev–Trinajstić information content (AvgIpc) is 3.17. The number of hydrogen-bond donors (Lipinski definition) is 1. The number of hydrogen-bond acceptors (Lipinski definition) is 4. The largest absolute Gasteiger partial charge is 0.469 e. The Bertz CT molecular complexity index is 398. The molecule has 1 aliphatic rings. The van der Waals surface area contributed by atoms with Gasteiger partial charge in [-0.15, -0.1) is 11.8 Å². The highest BCUT2D eigenvalue weighted by Gasteiger charge is 2.50. The van der Waals surface area contributed by atoms with Crippen molar-refractivity contribution in [2.75, 3.05) is 25.2 Å². The van der Waals surface area contributed by atoms with E-state index < -0.39 is 0 Å². The maximum atomic E-state index is 11.6. The first-order valence-electron chi connectivity index (χ1n) is 5.66. The van der Waals surface area contributed by atoms with Gasteiger partial charge in [-0.05, 0) is 43.4 Å². The smallest absolute Gasteiger partial charge is 0.313 e. The molecule has 92 valence electrons.